The molecular weight excluding hydrogens is 365 g/mol. The average Bonchev–Trinajstić information content (AvgIpc) is 2.49. The second kappa shape index (κ2) is 7.83. The smallest absolute Gasteiger partial charge is 0.416 e. The number of benzene rings is 1. The molecule has 1 aromatic carbocycles. The van der Waals surface area contributed by atoms with E-state index >= 15 is 0 Å². The molecule has 0 saturated heterocycles. The zero-order valence-corrected chi connectivity index (χ0v) is 14.1. The summed E-state index contributed by atoms with van der Waals surface area (Å²) in [5.41, 5.74) is -1.15. The Morgan fingerprint density at radius 2 is 1.84 bits per heavy atom. The lowest BCUT2D eigenvalue weighted by Crippen LogP contribution is -2.48. The van der Waals surface area contributed by atoms with Crippen LogP contribution in [0, 0.1) is 5.92 Å². The fourth-order valence-electron chi connectivity index (χ4n) is 1.82. The molecule has 7 nitrogen and oxygen atoms in total. The first-order valence-corrected chi connectivity index (χ1v) is 8.52. The first-order valence-electron chi connectivity index (χ1n) is 7.03. The second-order valence-corrected chi connectivity index (χ2v) is 7.24. The summed E-state index contributed by atoms with van der Waals surface area (Å²) in [6.07, 6.45) is -4.71. The van der Waals surface area contributed by atoms with Gasteiger partial charge in [-0.3, -0.25) is 4.79 Å². The number of carboxylic acid groups (broad SMARTS) is 1. The van der Waals surface area contributed by atoms with Crippen molar-refractivity contribution in [3.05, 3.63) is 29.8 Å². The number of carbonyl (C=O) groups excluding carboxylic acids is 1. The van der Waals surface area contributed by atoms with Crippen LogP contribution >= 0.6 is 0 Å². The molecule has 0 aromatic heterocycles. The molecule has 1 amide bonds. The molecule has 0 bridgehead atoms. The van der Waals surface area contributed by atoms with Crippen LogP contribution < -0.4 is 10.0 Å². The molecule has 0 fully saturated rings. The minimum Gasteiger partial charge on any atom is -0.480 e. The molecule has 0 aliphatic rings. The van der Waals surface area contributed by atoms with E-state index in [1.807, 2.05) is 4.72 Å². The Hall–Kier alpha value is -2.14. The van der Waals surface area contributed by atoms with Crippen molar-refractivity contribution in [1.29, 1.82) is 0 Å². The van der Waals surface area contributed by atoms with E-state index in [-0.39, 0.29) is 0 Å². The van der Waals surface area contributed by atoms with E-state index in [0.29, 0.717) is 12.1 Å². The fraction of sp³-hybridized carbons (Fsp3) is 0.429. The summed E-state index contributed by atoms with van der Waals surface area (Å²) < 4.78 is 63.7. The molecule has 0 radical (unpaired) electrons. The number of carbonyl (C=O) groups is 2. The van der Waals surface area contributed by atoms with Crippen molar-refractivity contribution < 1.29 is 36.3 Å². The van der Waals surface area contributed by atoms with Crippen LogP contribution in [0.1, 0.15) is 19.4 Å². The van der Waals surface area contributed by atoms with Crippen LogP contribution in [0.5, 0.6) is 0 Å². The highest BCUT2D eigenvalue weighted by Crippen LogP contribution is 2.30. The van der Waals surface area contributed by atoms with E-state index in [1.165, 1.54) is 0 Å². The minimum absolute atomic E-state index is 0.439. The molecule has 0 heterocycles. The maximum absolute atomic E-state index is 12.6. The standard InChI is InChI=1S/C14H17F3N2O5S/c1-8(2)12(13(21)22)19-11(20)7-18-25(23,24)10-5-3-4-9(6-10)14(15,16)17/h3-6,8,12,18H,7H2,1-2H3,(H,19,20)(H,21,22)/t12-/m1/s1. The quantitative estimate of drug-likeness (QED) is 0.656. The fourth-order valence-corrected chi connectivity index (χ4v) is 2.85. The summed E-state index contributed by atoms with van der Waals surface area (Å²) >= 11 is 0. The van der Waals surface area contributed by atoms with Gasteiger partial charge in [0.25, 0.3) is 0 Å². The van der Waals surface area contributed by atoms with Gasteiger partial charge in [0.05, 0.1) is 17.0 Å². The van der Waals surface area contributed by atoms with Crippen molar-refractivity contribution >= 4 is 21.9 Å². The van der Waals surface area contributed by atoms with E-state index in [1.54, 1.807) is 13.8 Å². The number of amides is 1. The SMILES string of the molecule is CC(C)[C@@H](NC(=O)CNS(=O)(=O)c1cccc(C(F)(F)F)c1)C(=O)O. The van der Waals surface area contributed by atoms with Gasteiger partial charge in [0.1, 0.15) is 6.04 Å². The summed E-state index contributed by atoms with van der Waals surface area (Å²) in [6.45, 7) is 2.28. The van der Waals surface area contributed by atoms with Crippen molar-refractivity contribution in [3.8, 4) is 0 Å². The molecule has 0 unspecified atom stereocenters. The maximum atomic E-state index is 12.6. The van der Waals surface area contributed by atoms with Gasteiger partial charge in [-0.15, -0.1) is 0 Å². The summed E-state index contributed by atoms with van der Waals surface area (Å²) in [6, 6.07) is 1.81. The number of carboxylic acids is 1. The molecule has 1 atom stereocenters. The highest BCUT2D eigenvalue weighted by Gasteiger charge is 2.32. The van der Waals surface area contributed by atoms with Crippen LogP contribution in [0.25, 0.3) is 0 Å². The molecular formula is C14H17F3N2O5S. The molecule has 3 N–H and O–H groups in total. The predicted octanol–water partition coefficient (Wildman–Crippen LogP) is 1.21. The second-order valence-electron chi connectivity index (χ2n) is 5.48. The lowest BCUT2D eigenvalue weighted by Gasteiger charge is -2.18. The molecule has 1 rings (SSSR count). The van der Waals surface area contributed by atoms with E-state index in [9.17, 15) is 31.2 Å². The largest absolute Gasteiger partial charge is 0.480 e. The molecule has 0 aliphatic carbocycles. The Balaban J connectivity index is 2.82. The van der Waals surface area contributed by atoms with E-state index < -0.39 is 57.0 Å². The van der Waals surface area contributed by atoms with E-state index in [0.717, 1.165) is 12.1 Å². The maximum Gasteiger partial charge on any atom is 0.416 e. The molecule has 0 spiro atoms. The Bertz CT molecular complexity index is 747. The van der Waals surface area contributed by atoms with Gasteiger partial charge in [0.2, 0.25) is 15.9 Å². The third-order valence-electron chi connectivity index (χ3n) is 3.14. The Labute approximate surface area is 142 Å². The number of sulfonamides is 1. The lowest BCUT2D eigenvalue weighted by molar-refractivity contribution is -0.143. The first kappa shape index (κ1) is 20.9. The lowest BCUT2D eigenvalue weighted by atomic mass is 10.1. The predicted molar refractivity (Wildman–Crippen MR) is 81.0 cm³/mol. The normalized spacial score (nSPS) is 13.5. The van der Waals surface area contributed by atoms with E-state index in [2.05, 4.69) is 5.32 Å². The molecule has 11 heteroatoms. The molecule has 1 aromatic rings. The van der Waals surface area contributed by atoms with Gasteiger partial charge in [-0.1, -0.05) is 19.9 Å². The summed E-state index contributed by atoms with van der Waals surface area (Å²) in [7, 11) is -4.37. The molecule has 0 aliphatic heterocycles. The number of aliphatic carboxylic acids is 1. The minimum atomic E-state index is -4.71. The van der Waals surface area contributed by atoms with Gasteiger partial charge >= 0.3 is 12.1 Å². The van der Waals surface area contributed by atoms with Crippen molar-refractivity contribution in [2.75, 3.05) is 6.54 Å². The molecule has 25 heavy (non-hydrogen) atoms. The van der Waals surface area contributed by atoms with Crippen LogP contribution in [0.3, 0.4) is 0 Å². The zero-order chi connectivity index (χ0) is 19.4. The number of rotatable bonds is 7. The van der Waals surface area contributed by atoms with Gasteiger partial charge < -0.3 is 10.4 Å². The Kier molecular flexibility index (Phi) is 6.54. The number of nitrogens with one attached hydrogen (secondary N) is 2. The number of alkyl halides is 3. The summed E-state index contributed by atoms with van der Waals surface area (Å²) in [5.74, 6) is -2.65. The van der Waals surface area contributed by atoms with E-state index in [4.69, 9.17) is 5.11 Å². The highest BCUT2D eigenvalue weighted by atomic mass is 32.2. The van der Waals surface area contributed by atoms with Crippen LogP contribution in [0.4, 0.5) is 13.2 Å². The van der Waals surface area contributed by atoms with Crippen molar-refractivity contribution in [1.82, 2.24) is 10.0 Å². The number of hydrogen-bond acceptors (Lipinski definition) is 4. The van der Waals surface area contributed by atoms with Gasteiger partial charge in [-0.25, -0.2) is 17.9 Å². The van der Waals surface area contributed by atoms with Gasteiger partial charge in [-0.2, -0.15) is 13.2 Å². The molecule has 0 saturated carbocycles. The number of halogens is 3. The Morgan fingerprint density at radius 1 is 1.24 bits per heavy atom. The van der Waals surface area contributed by atoms with Crippen molar-refractivity contribution in [2.24, 2.45) is 5.92 Å². The summed E-state index contributed by atoms with van der Waals surface area (Å²) in [4.78, 5) is 22.0. The van der Waals surface area contributed by atoms with Crippen LogP contribution in [-0.4, -0.2) is 38.0 Å². The van der Waals surface area contributed by atoms with Crippen LogP contribution in [-0.2, 0) is 25.8 Å². The monoisotopic (exact) mass is 382 g/mol. The highest BCUT2D eigenvalue weighted by molar-refractivity contribution is 7.89. The summed E-state index contributed by atoms with van der Waals surface area (Å²) in [5, 5.41) is 11.1. The Morgan fingerprint density at radius 3 is 2.32 bits per heavy atom. The van der Waals surface area contributed by atoms with Gasteiger partial charge in [0.15, 0.2) is 0 Å². The van der Waals surface area contributed by atoms with Crippen molar-refractivity contribution in [2.45, 2.75) is 31.0 Å². The third kappa shape index (κ3) is 6.02. The number of hydrogen-bond donors (Lipinski definition) is 3. The van der Waals surface area contributed by atoms with Crippen LogP contribution in [0.2, 0.25) is 0 Å². The van der Waals surface area contributed by atoms with Gasteiger partial charge in [-0.05, 0) is 24.1 Å². The third-order valence-corrected chi connectivity index (χ3v) is 4.54. The van der Waals surface area contributed by atoms with Crippen molar-refractivity contribution in [3.63, 3.8) is 0 Å². The van der Waals surface area contributed by atoms with Crippen LogP contribution in [0.15, 0.2) is 29.2 Å². The molecule has 140 valence electrons. The topological polar surface area (TPSA) is 113 Å². The van der Waals surface area contributed by atoms with Gasteiger partial charge in [0, 0.05) is 0 Å². The zero-order valence-electron chi connectivity index (χ0n) is 13.3. The average molecular weight is 382 g/mol. The first-order chi connectivity index (χ1) is 11.3.